The Balaban J connectivity index is 3.67. The fraction of sp³-hybridized carbons (Fsp3) is 0.889. The van der Waals surface area contributed by atoms with Gasteiger partial charge in [-0.15, -0.1) is 0 Å². The molecular weight excluding hydrogens is 284 g/mol. The molecule has 0 bridgehead atoms. The zero-order chi connectivity index (χ0) is 14.2. The van der Waals surface area contributed by atoms with E-state index < -0.39 is 25.8 Å². The Labute approximate surface area is 107 Å². The summed E-state index contributed by atoms with van der Waals surface area (Å²) in [6.07, 6.45) is 0.224. The van der Waals surface area contributed by atoms with E-state index in [9.17, 15) is 21.6 Å². The van der Waals surface area contributed by atoms with E-state index in [1.165, 1.54) is 6.92 Å². The van der Waals surface area contributed by atoms with Crippen molar-refractivity contribution in [3.8, 4) is 0 Å². The van der Waals surface area contributed by atoms with E-state index in [1.54, 1.807) is 0 Å². The zero-order valence-electron chi connectivity index (χ0n) is 10.4. The predicted octanol–water partition coefficient (Wildman–Crippen LogP) is 0.00900. The number of sulfone groups is 2. The van der Waals surface area contributed by atoms with Crippen molar-refractivity contribution >= 4 is 25.8 Å². The Morgan fingerprint density at radius 1 is 1.00 bits per heavy atom. The van der Waals surface area contributed by atoms with Crippen LogP contribution in [0.15, 0.2) is 0 Å². The molecule has 0 aliphatic heterocycles. The summed E-state index contributed by atoms with van der Waals surface area (Å²) in [5, 5.41) is 0. The average molecular weight is 302 g/mol. The number of hydrogen-bond donors (Lipinski definition) is 0. The molecule has 0 N–H and O–H groups in total. The van der Waals surface area contributed by atoms with Crippen molar-refractivity contribution in [1.29, 1.82) is 0 Å². The summed E-state index contributed by atoms with van der Waals surface area (Å²) < 4.78 is 52.7. The van der Waals surface area contributed by atoms with E-state index >= 15 is 0 Å². The van der Waals surface area contributed by atoms with Gasteiger partial charge in [-0.25, -0.2) is 21.6 Å². The summed E-state index contributed by atoms with van der Waals surface area (Å²) in [4.78, 5) is 10.9. The predicted molar refractivity (Wildman–Crippen MR) is 66.0 cm³/mol. The van der Waals surface area contributed by atoms with Crippen molar-refractivity contribution in [2.24, 2.45) is 0 Å². The molecule has 0 rings (SSSR count). The van der Waals surface area contributed by atoms with Crippen LogP contribution in [-0.2, 0) is 29.1 Å². The molecule has 7 nitrogen and oxygen atoms in total. The Kier molecular flexibility index (Phi) is 7.22. The maximum absolute atomic E-state index is 11.1. The Morgan fingerprint density at radius 2 is 1.56 bits per heavy atom. The number of hydrogen-bond acceptors (Lipinski definition) is 7. The number of ether oxygens (including phenoxy) is 2. The average Bonchev–Trinajstić information content (AvgIpc) is 2.23. The molecule has 0 saturated heterocycles. The van der Waals surface area contributed by atoms with Gasteiger partial charge in [-0.1, -0.05) is 6.92 Å². The first-order valence-corrected chi connectivity index (χ1v) is 9.22. The largest absolute Gasteiger partial charge is 0.508 e. The molecule has 0 heterocycles. The molecule has 0 spiro atoms. The van der Waals surface area contributed by atoms with Crippen LogP contribution in [0.2, 0.25) is 0 Å². The van der Waals surface area contributed by atoms with Crippen molar-refractivity contribution in [3.05, 3.63) is 0 Å². The minimum atomic E-state index is -3.18. The molecular formula is C9H18O7S2. The van der Waals surface area contributed by atoms with E-state index in [2.05, 4.69) is 9.47 Å². The molecule has 9 heteroatoms. The highest BCUT2D eigenvalue weighted by Gasteiger charge is 2.10. The van der Waals surface area contributed by atoms with Gasteiger partial charge < -0.3 is 9.47 Å². The number of rotatable bonds is 8. The van der Waals surface area contributed by atoms with Crippen molar-refractivity contribution in [2.45, 2.75) is 13.3 Å². The fourth-order valence-corrected chi connectivity index (χ4v) is 2.13. The maximum atomic E-state index is 11.1. The van der Waals surface area contributed by atoms with Crippen LogP contribution in [0.1, 0.15) is 13.3 Å². The van der Waals surface area contributed by atoms with E-state index in [1.807, 2.05) is 0 Å². The Hall–Kier alpha value is -0.830. The minimum absolute atomic E-state index is 0.0474. The third-order valence-corrected chi connectivity index (χ3v) is 4.63. The highest BCUT2D eigenvalue weighted by Crippen LogP contribution is 1.96. The lowest BCUT2D eigenvalue weighted by molar-refractivity contribution is 0.0598. The van der Waals surface area contributed by atoms with Crippen LogP contribution >= 0.6 is 0 Å². The van der Waals surface area contributed by atoms with E-state index in [0.717, 1.165) is 6.26 Å². The highest BCUT2D eigenvalue weighted by molar-refractivity contribution is 7.91. The van der Waals surface area contributed by atoms with Gasteiger partial charge in [-0.05, 0) is 6.42 Å². The summed E-state index contributed by atoms with van der Waals surface area (Å²) in [5.41, 5.74) is 0. The molecule has 0 aromatic rings. The molecule has 0 unspecified atom stereocenters. The molecule has 0 aromatic heterocycles. The molecule has 0 amide bonds. The van der Waals surface area contributed by atoms with Gasteiger partial charge in [-0.3, -0.25) is 0 Å². The Bertz CT molecular complexity index is 449. The van der Waals surface area contributed by atoms with Gasteiger partial charge in [0.2, 0.25) is 0 Å². The third-order valence-electron chi connectivity index (χ3n) is 1.93. The molecule has 0 aliphatic rings. The maximum Gasteiger partial charge on any atom is 0.508 e. The quantitative estimate of drug-likeness (QED) is 0.459. The van der Waals surface area contributed by atoms with Crippen molar-refractivity contribution in [1.82, 2.24) is 0 Å². The molecule has 0 aliphatic carbocycles. The summed E-state index contributed by atoms with van der Waals surface area (Å²) in [7, 11) is -6.24. The van der Waals surface area contributed by atoms with Crippen LogP contribution in [0.5, 0.6) is 0 Å². The second kappa shape index (κ2) is 7.57. The molecule has 0 radical (unpaired) electrons. The van der Waals surface area contributed by atoms with Crippen LogP contribution < -0.4 is 0 Å². The SMILES string of the molecule is CCS(=O)(=O)CCCOC(=O)OCCS(C)(=O)=O. The van der Waals surface area contributed by atoms with Crippen molar-refractivity contribution < 1.29 is 31.1 Å². The van der Waals surface area contributed by atoms with Gasteiger partial charge in [0, 0.05) is 12.0 Å². The van der Waals surface area contributed by atoms with E-state index in [-0.39, 0.29) is 36.9 Å². The van der Waals surface area contributed by atoms with Crippen LogP contribution in [0.4, 0.5) is 4.79 Å². The number of carbonyl (C=O) groups excluding carboxylic acids is 1. The summed E-state index contributed by atoms with van der Waals surface area (Å²) in [6, 6.07) is 0. The van der Waals surface area contributed by atoms with Crippen LogP contribution in [0, 0.1) is 0 Å². The first kappa shape index (κ1) is 17.2. The lowest BCUT2D eigenvalue weighted by Gasteiger charge is -2.05. The summed E-state index contributed by atoms with van der Waals surface area (Å²) in [6.45, 7) is 1.19. The van der Waals surface area contributed by atoms with Gasteiger partial charge >= 0.3 is 6.16 Å². The van der Waals surface area contributed by atoms with Gasteiger partial charge in [0.05, 0.1) is 18.1 Å². The second-order valence-corrected chi connectivity index (χ2v) is 8.40. The van der Waals surface area contributed by atoms with Crippen molar-refractivity contribution in [2.75, 3.05) is 36.7 Å². The van der Waals surface area contributed by atoms with Gasteiger partial charge in [0.15, 0.2) is 9.84 Å². The van der Waals surface area contributed by atoms with E-state index in [4.69, 9.17) is 0 Å². The lowest BCUT2D eigenvalue weighted by atomic mass is 10.5. The van der Waals surface area contributed by atoms with Gasteiger partial charge in [0.25, 0.3) is 0 Å². The topological polar surface area (TPSA) is 104 Å². The smallest absolute Gasteiger partial charge is 0.434 e. The molecule has 0 aromatic carbocycles. The highest BCUT2D eigenvalue weighted by atomic mass is 32.2. The summed E-state index contributed by atoms with van der Waals surface area (Å²) in [5.74, 6) is -0.280. The zero-order valence-corrected chi connectivity index (χ0v) is 12.0. The third kappa shape index (κ3) is 10.3. The first-order valence-electron chi connectivity index (χ1n) is 5.34. The molecule has 18 heavy (non-hydrogen) atoms. The molecule has 108 valence electrons. The molecule has 0 saturated carbocycles. The standard InChI is InChI=1S/C9H18O7S2/c1-3-18(13,14)7-4-5-15-9(10)16-6-8-17(2,11)12/h3-8H2,1-2H3. The van der Waals surface area contributed by atoms with Gasteiger partial charge in [-0.2, -0.15) is 0 Å². The van der Waals surface area contributed by atoms with Crippen LogP contribution in [0.3, 0.4) is 0 Å². The minimum Gasteiger partial charge on any atom is -0.434 e. The van der Waals surface area contributed by atoms with Gasteiger partial charge in [0.1, 0.15) is 16.4 Å². The normalized spacial score (nSPS) is 12.1. The fourth-order valence-electron chi connectivity index (χ4n) is 0.897. The lowest BCUT2D eigenvalue weighted by Crippen LogP contribution is -2.17. The second-order valence-electron chi connectivity index (χ2n) is 3.67. The molecule has 0 fully saturated rings. The van der Waals surface area contributed by atoms with Crippen LogP contribution in [-0.4, -0.2) is 59.7 Å². The number of carbonyl (C=O) groups is 1. The monoisotopic (exact) mass is 302 g/mol. The van der Waals surface area contributed by atoms with E-state index in [0.29, 0.717) is 0 Å². The molecule has 0 atom stereocenters. The Morgan fingerprint density at radius 3 is 2.06 bits per heavy atom. The van der Waals surface area contributed by atoms with Crippen molar-refractivity contribution in [3.63, 3.8) is 0 Å². The summed E-state index contributed by atoms with van der Waals surface area (Å²) >= 11 is 0. The first-order chi connectivity index (χ1) is 8.16. The van der Waals surface area contributed by atoms with Crippen LogP contribution in [0.25, 0.3) is 0 Å².